The summed E-state index contributed by atoms with van der Waals surface area (Å²) in [5, 5.41) is 18.4. The minimum Gasteiger partial charge on any atom is -0.477 e. The van der Waals surface area contributed by atoms with Gasteiger partial charge in [-0.05, 0) is 17.9 Å². The first kappa shape index (κ1) is 11.5. The standard InChI is InChI=1S/C7H6N2O4S2/c1-4-2-14-5(7(10)11)6(4)15(12,13)9-3-8/h2,9H,1H3,(H,10,11). The van der Waals surface area contributed by atoms with Gasteiger partial charge in [-0.3, -0.25) is 0 Å². The highest BCUT2D eigenvalue weighted by molar-refractivity contribution is 7.90. The number of rotatable bonds is 3. The lowest BCUT2D eigenvalue weighted by atomic mass is 10.3. The molecule has 1 heterocycles. The second-order valence-electron chi connectivity index (χ2n) is 2.60. The third-order valence-corrected chi connectivity index (χ3v) is 4.20. The maximum atomic E-state index is 11.4. The van der Waals surface area contributed by atoms with Crippen molar-refractivity contribution in [3.8, 4) is 6.19 Å². The van der Waals surface area contributed by atoms with Gasteiger partial charge < -0.3 is 5.11 Å². The normalized spacial score (nSPS) is 10.7. The zero-order valence-corrected chi connectivity index (χ0v) is 9.15. The molecule has 6 nitrogen and oxygen atoms in total. The summed E-state index contributed by atoms with van der Waals surface area (Å²) in [5.41, 5.74) is 0.306. The zero-order chi connectivity index (χ0) is 11.6. The SMILES string of the molecule is Cc1csc(C(=O)O)c1S(=O)(=O)NC#N. The summed E-state index contributed by atoms with van der Waals surface area (Å²) in [5.74, 6) is -1.33. The van der Waals surface area contributed by atoms with Crippen LogP contribution in [0.3, 0.4) is 0 Å². The molecule has 0 fully saturated rings. The summed E-state index contributed by atoms with van der Waals surface area (Å²) in [6.45, 7) is 1.47. The van der Waals surface area contributed by atoms with Gasteiger partial charge in [-0.1, -0.05) is 0 Å². The van der Waals surface area contributed by atoms with E-state index in [-0.39, 0.29) is 9.77 Å². The molecule has 15 heavy (non-hydrogen) atoms. The number of sulfonamides is 1. The van der Waals surface area contributed by atoms with E-state index >= 15 is 0 Å². The largest absolute Gasteiger partial charge is 0.477 e. The molecule has 0 radical (unpaired) electrons. The van der Waals surface area contributed by atoms with Crippen LogP contribution in [0, 0.1) is 18.4 Å². The fourth-order valence-corrected chi connectivity index (χ4v) is 3.39. The van der Waals surface area contributed by atoms with Crippen LogP contribution in [0.15, 0.2) is 10.3 Å². The van der Waals surface area contributed by atoms with Crippen LogP contribution >= 0.6 is 11.3 Å². The number of nitriles is 1. The Hall–Kier alpha value is -1.59. The van der Waals surface area contributed by atoms with Crippen LogP contribution in [0.1, 0.15) is 15.2 Å². The quantitative estimate of drug-likeness (QED) is 0.597. The van der Waals surface area contributed by atoms with Crippen molar-refractivity contribution in [2.24, 2.45) is 0 Å². The van der Waals surface area contributed by atoms with Gasteiger partial charge >= 0.3 is 5.97 Å². The molecule has 0 bridgehead atoms. The first-order chi connectivity index (χ1) is 6.90. The number of carboxylic acid groups (broad SMARTS) is 1. The molecule has 1 rings (SSSR count). The number of hydrogen-bond acceptors (Lipinski definition) is 5. The van der Waals surface area contributed by atoms with E-state index in [2.05, 4.69) is 0 Å². The van der Waals surface area contributed by atoms with Gasteiger partial charge in [0.15, 0.2) is 6.19 Å². The molecule has 0 aromatic carbocycles. The Morgan fingerprint density at radius 2 is 2.27 bits per heavy atom. The van der Waals surface area contributed by atoms with E-state index in [1.165, 1.54) is 18.5 Å². The first-order valence-electron chi connectivity index (χ1n) is 3.62. The monoisotopic (exact) mass is 246 g/mol. The van der Waals surface area contributed by atoms with Crippen molar-refractivity contribution in [2.45, 2.75) is 11.8 Å². The maximum absolute atomic E-state index is 11.4. The number of carbonyl (C=O) groups is 1. The van der Waals surface area contributed by atoms with Crippen molar-refractivity contribution < 1.29 is 18.3 Å². The lowest BCUT2D eigenvalue weighted by Gasteiger charge is -2.01. The van der Waals surface area contributed by atoms with Gasteiger partial charge in [0, 0.05) is 0 Å². The first-order valence-corrected chi connectivity index (χ1v) is 5.98. The molecule has 0 saturated carbocycles. The van der Waals surface area contributed by atoms with Crippen LogP contribution in [0.25, 0.3) is 0 Å². The van der Waals surface area contributed by atoms with E-state index in [1.54, 1.807) is 4.72 Å². The fraction of sp³-hybridized carbons (Fsp3) is 0.143. The number of hydrogen-bond donors (Lipinski definition) is 2. The molecule has 0 aliphatic heterocycles. The second-order valence-corrected chi connectivity index (χ2v) is 5.10. The number of aromatic carboxylic acids is 1. The minimum atomic E-state index is -4.05. The molecule has 0 saturated heterocycles. The molecule has 0 atom stereocenters. The van der Waals surface area contributed by atoms with Gasteiger partial charge in [-0.25, -0.2) is 17.9 Å². The predicted molar refractivity (Wildman–Crippen MR) is 51.9 cm³/mol. The van der Waals surface area contributed by atoms with Gasteiger partial charge in [-0.2, -0.15) is 5.26 Å². The van der Waals surface area contributed by atoms with Crippen LogP contribution in [0.2, 0.25) is 0 Å². The summed E-state index contributed by atoms with van der Waals surface area (Å²) in [6, 6.07) is 0. The zero-order valence-electron chi connectivity index (χ0n) is 7.51. The van der Waals surface area contributed by atoms with Gasteiger partial charge in [0.2, 0.25) is 0 Å². The van der Waals surface area contributed by atoms with Crippen molar-refractivity contribution in [1.82, 2.24) is 4.72 Å². The number of aryl methyl sites for hydroxylation is 1. The van der Waals surface area contributed by atoms with Crippen molar-refractivity contribution in [3.63, 3.8) is 0 Å². The highest BCUT2D eigenvalue weighted by Gasteiger charge is 2.26. The lowest BCUT2D eigenvalue weighted by molar-refractivity contribution is 0.0698. The average Bonchev–Trinajstić information content (AvgIpc) is 2.47. The summed E-state index contributed by atoms with van der Waals surface area (Å²) >= 11 is 0.809. The van der Waals surface area contributed by atoms with E-state index in [9.17, 15) is 13.2 Å². The molecule has 1 aromatic rings. The van der Waals surface area contributed by atoms with Crippen LogP contribution in [0.4, 0.5) is 0 Å². The van der Waals surface area contributed by atoms with Gasteiger partial charge in [-0.15, -0.1) is 11.3 Å². The second kappa shape index (κ2) is 3.88. The topological polar surface area (TPSA) is 107 Å². The Bertz CT molecular complexity index is 538. The van der Waals surface area contributed by atoms with Crippen molar-refractivity contribution in [2.75, 3.05) is 0 Å². The molecule has 0 amide bonds. The Morgan fingerprint density at radius 3 is 2.73 bits per heavy atom. The molecule has 8 heteroatoms. The van der Waals surface area contributed by atoms with E-state index in [0.717, 1.165) is 11.3 Å². The van der Waals surface area contributed by atoms with E-state index in [1.807, 2.05) is 0 Å². The Kier molecular flexibility index (Phi) is 2.97. The minimum absolute atomic E-state index is 0.296. The molecular formula is C7H6N2O4S2. The number of thiophene rings is 1. The number of carboxylic acids is 1. The highest BCUT2D eigenvalue weighted by Crippen LogP contribution is 2.26. The molecular weight excluding hydrogens is 240 g/mol. The van der Waals surface area contributed by atoms with Crippen molar-refractivity contribution in [1.29, 1.82) is 5.26 Å². The highest BCUT2D eigenvalue weighted by atomic mass is 32.2. The van der Waals surface area contributed by atoms with Gasteiger partial charge in [0.25, 0.3) is 10.0 Å². The lowest BCUT2D eigenvalue weighted by Crippen LogP contribution is -2.20. The van der Waals surface area contributed by atoms with Crippen LogP contribution < -0.4 is 4.72 Å². The fourth-order valence-electron chi connectivity index (χ4n) is 1.03. The van der Waals surface area contributed by atoms with Gasteiger partial charge in [0.1, 0.15) is 9.77 Å². The van der Waals surface area contributed by atoms with Crippen LogP contribution in [-0.4, -0.2) is 19.5 Å². The number of nitrogens with zero attached hydrogens (tertiary/aromatic N) is 1. The van der Waals surface area contributed by atoms with E-state index in [4.69, 9.17) is 10.4 Å². The average molecular weight is 246 g/mol. The Balaban J connectivity index is 3.44. The Labute approximate surface area is 89.8 Å². The van der Waals surface area contributed by atoms with Crippen LogP contribution in [-0.2, 0) is 10.0 Å². The summed E-state index contributed by atoms with van der Waals surface area (Å²) in [7, 11) is -4.05. The van der Waals surface area contributed by atoms with Crippen LogP contribution in [0.5, 0.6) is 0 Å². The molecule has 0 unspecified atom stereocenters. The van der Waals surface area contributed by atoms with E-state index in [0.29, 0.717) is 5.56 Å². The van der Waals surface area contributed by atoms with Gasteiger partial charge in [0.05, 0.1) is 0 Å². The molecule has 2 N–H and O–H groups in total. The molecule has 0 aliphatic carbocycles. The van der Waals surface area contributed by atoms with E-state index < -0.39 is 16.0 Å². The molecule has 80 valence electrons. The van der Waals surface area contributed by atoms with Crippen molar-refractivity contribution in [3.05, 3.63) is 15.8 Å². The molecule has 0 spiro atoms. The molecule has 1 aromatic heterocycles. The Morgan fingerprint density at radius 1 is 1.67 bits per heavy atom. The molecule has 0 aliphatic rings. The summed E-state index contributed by atoms with van der Waals surface area (Å²) in [6.07, 6.45) is 1.26. The maximum Gasteiger partial charge on any atom is 0.347 e. The van der Waals surface area contributed by atoms with Crippen molar-refractivity contribution >= 4 is 27.3 Å². The number of nitrogens with one attached hydrogen (secondary N) is 1. The smallest absolute Gasteiger partial charge is 0.347 e. The third kappa shape index (κ3) is 2.08. The third-order valence-electron chi connectivity index (χ3n) is 1.56. The predicted octanol–water partition coefficient (Wildman–Crippen LogP) is 0.514. The summed E-state index contributed by atoms with van der Waals surface area (Å²) < 4.78 is 24.5. The summed E-state index contributed by atoms with van der Waals surface area (Å²) in [4.78, 5) is 10.1.